The molecule has 164 valence electrons. The first kappa shape index (κ1) is 21.2. The SMILES string of the molecule is CCN(CC)c1cncc(Nc2c(C)c(N3CCNCC3)nc3cc(F)cc(F)c23)c1. The highest BCUT2D eigenvalue weighted by Crippen LogP contribution is 2.37. The molecule has 2 aromatic heterocycles. The lowest BCUT2D eigenvalue weighted by molar-refractivity contribution is 0.583. The summed E-state index contributed by atoms with van der Waals surface area (Å²) < 4.78 is 28.9. The number of benzene rings is 1. The van der Waals surface area contributed by atoms with Gasteiger partial charge in [-0.2, -0.15) is 0 Å². The Morgan fingerprint density at radius 3 is 2.55 bits per heavy atom. The van der Waals surface area contributed by atoms with Gasteiger partial charge in [0.25, 0.3) is 0 Å². The highest BCUT2D eigenvalue weighted by atomic mass is 19.1. The van der Waals surface area contributed by atoms with Crippen LogP contribution in [0.5, 0.6) is 0 Å². The second-order valence-corrected chi connectivity index (χ2v) is 7.68. The lowest BCUT2D eigenvalue weighted by Gasteiger charge is -2.31. The van der Waals surface area contributed by atoms with Crippen LogP contribution < -0.4 is 20.4 Å². The Bertz CT molecular complexity index is 1080. The number of anilines is 4. The van der Waals surface area contributed by atoms with Gasteiger partial charge in [0.05, 0.1) is 40.4 Å². The number of halogens is 2. The number of piperazine rings is 1. The molecule has 1 aliphatic heterocycles. The number of pyridine rings is 2. The van der Waals surface area contributed by atoms with E-state index in [1.54, 1.807) is 6.20 Å². The van der Waals surface area contributed by atoms with Crippen molar-refractivity contribution in [2.75, 3.05) is 54.4 Å². The van der Waals surface area contributed by atoms with E-state index in [2.05, 4.69) is 44.2 Å². The van der Waals surface area contributed by atoms with Crippen LogP contribution >= 0.6 is 0 Å². The van der Waals surface area contributed by atoms with Crippen LogP contribution in [0.4, 0.5) is 31.7 Å². The van der Waals surface area contributed by atoms with Crippen molar-refractivity contribution in [3.8, 4) is 0 Å². The van der Waals surface area contributed by atoms with Crippen LogP contribution in [0.25, 0.3) is 10.9 Å². The van der Waals surface area contributed by atoms with E-state index < -0.39 is 11.6 Å². The summed E-state index contributed by atoms with van der Waals surface area (Å²) in [6, 6.07) is 4.20. The Morgan fingerprint density at radius 2 is 1.84 bits per heavy atom. The van der Waals surface area contributed by atoms with Crippen LogP contribution in [0.2, 0.25) is 0 Å². The third-order valence-corrected chi connectivity index (χ3v) is 5.76. The molecule has 0 spiro atoms. The first-order valence-corrected chi connectivity index (χ1v) is 10.7. The molecule has 31 heavy (non-hydrogen) atoms. The normalized spacial score (nSPS) is 14.2. The number of hydrogen-bond donors (Lipinski definition) is 2. The standard InChI is InChI=1S/C23H28F2N6/c1-4-30(5-2)18-12-17(13-27-14-18)28-22-15(3)23(31-8-6-26-7-9-31)29-20-11-16(24)10-19(25)21(20)22/h10-14,26H,4-9H2,1-3H3,(H,28,29). The molecule has 0 atom stereocenters. The first-order chi connectivity index (χ1) is 15.0. The third kappa shape index (κ3) is 4.25. The molecular formula is C23H28F2N6. The monoisotopic (exact) mass is 426 g/mol. The topological polar surface area (TPSA) is 56.3 Å². The highest BCUT2D eigenvalue weighted by molar-refractivity contribution is 5.97. The van der Waals surface area contributed by atoms with Gasteiger partial charge >= 0.3 is 0 Å². The number of hydrogen-bond acceptors (Lipinski definition) is 6. The van der Waals surface area contributed by atoms with Crippen LogP contribution in [-0.4, -0.2) is 49.2 Å². The van der Waals surface area contributed by atoms with Crippen molar-refractivity contribution in [1.82, 2.24) is 15.3 Å². The van der Waals surface area contributed by atoms with Crippen LogP contribution in [0.3, 0.4) is 0 Å². The predicted molar refractivity (Wildman–Crippen MR) is 123 cm³/mol. The van der Waals surface area contributed by atoms with Crippen molar-refractivity contribution in [3.05, 3.63) is 47.8 Å². The van der Waals surface area contributed by atoms with Crippen LogP contribution in [-0.2, 0) is 0 Å². The molecule has 4 rings (SSSR count). The minimum absolute atomic E-state index is 0.283. The van der Waals surface area contributed by atoms with Gasteiger partial charge in [-0.3, -0.25) is 4.98 Å². The average molecular weight is 427 g/mol. The maximum atomic E-state index is 14.9. The summed E-state index contributed by atoms with van der Waals surface area (Å²) in [5.74, 6) is -0.522. The smallest absolute Gasteiger partial charge is 0.137 e. The van der Waals surface area contributed by atoms with Gasteiger partial charge < -0.3 is 20.4 Å². The van der Waals surface area contributed by atoms with Crippen molar-refractivity contribution >= 4 is 33.8 Å². The summed E-state index contributed by atoms with van der Waals surface area (Å²) in [5, 5.41) is 6.97. The van der Waals surface area contributed by atoms with E-state index in [4.69, 9.17) is 0 Å². The molecule has 2 N–H and O–H groups in total. The van der Waals surface area contributed by atoms with Gasteiger partial charge in [-0.1, -0.05) is 0 Å². The molecule has 0 radical (unpaired) electrons. The van der Waals surface area contributed by atoms with Gasteiger partial charge in [0, 0.05) is 57.0 Å². The number of nitrogens with zero attached hydrogens (tertiary/aromatic N) is 4. The molecule has 1 aromatic carbocycles. The van der Waals surface area contributed by atoms with Gasteiger partial charge in [-0.15, -0.1) is 0 Å². The van der Waals surface area contributed by atoms with Gasteiger partial charge in [-0.25, -0.2) is 13.8 Å². The third-order valence-electron chi connectivity index (χ3n) is 5.76. The first-order valence-electron chi connectivity index (χ1n) is 10.7. The minimum atomic E-state index is -0.635. The second kappa shape index (κ2) is 9.01. The van der Waals surface area contributed by atoms with Crippen molar-refractivity contribution in [2.24, 2.45) is 0 Å². The van der Waals surface area contributed by atoms with Gasteiger partial charge in [-0.05, 0) is 26.8 Å². The Hall–Kier alpha value is -3.00. The van der Waals surface area contributed by atoms with Crippen molar-refractivity contribution in [3.63, 3.8) is 0 Å². The molecule has 6 nitrogen and oxygen atoms in total. The van der Waals surface area contributed by atoms with E-state index in [-0.39, 0.29) is 5.39 Å². The second-order valence-electron chi connectivity index (χ2n) is 7.68. The zero-order valence-electron chi connectivity index (χ0n) is 18.2. The number of aromatic nitrogens is 2. The quantitative estimate of drug-likeness (QED) is 0.616. The number of rotatable bonds is 6. The molecule has 1 aliphatic rings. The maximum Gasteiger partial charge on any atom is 0.137 e. The summed E-state index contributed by atoms with van der Waals surface area (Å²) in [4.78, 5) is 13.4. The van der Waals surface area contributed by atoms with E-state index in [9.17, 15) is 8.78 Å². The minimum Gasteiger partial charge on any atom is -0.371 e. The molecule has 1 fully saturated rings. The van der Waals surface area contributed by atoms with E-state index >= 15 is 0 Å². The molecule has 3 aromatic rings. The Labute approximate surface area is 181 Å². The lowest BCUT2D eigenvalue weighted by Crippen LogP contribution is -2.44. The Kier molecular flexibility index (Phi) is 6.18. The van der Waals surface area contributed by atoms with Crippen molar-refractivity contribution in [2.45, 2.75) is 20.8 Å². The highest BCUT2D eigenvalue weighted by Gasteiger charge is 2.21. The summed E-state index contributed by atoms with van der Waals surface area (Å²) in [5.41, 5.74) is 3.45. The fraction of sp³-hybridized carbons (Fsp3) is 0.391. The molecule has 3 heterocycles. The molecule has 0 amide bonds. The van der Waals surface area contributed by atoms with E-state index in [1.807, 2.05) is 19.2 Å². The summed E-state index contributed by atoms with van der Waals surface area (Å²) in [6.45, 7) is 11.1. The fourth-order valence-electron chi connectivity index (χ4n) is 4.14. The predicted octanol–water partition coefficient (Wildman–Crippen LogP) is 4.22. The molecule has 1 saturated heterocycles. The van der Waals surface area contributed by atoms with Crippen LogP contribution in [0, 0.1) is 18.6 Å². The van der Waals surface area contributed by atoms with Gasteiger partial charge in [0.15, 0.2) is 0 Å². The largest absolute Gasteiger partial charge is 0.371 e. The average Bonchev–Trinajstić information content (AvgIpc) is 2.77. The molecule has 0 aliphatic carbocycles. The zero-order chi connectivity index (χ0) is 22.0. The summed E-state index contributed by atoms with van der Waals surface area (Å²) in [7, 11) is 0. The summed E-state index contributed by atoms with van der Waals surface area (Å²) >= 11 is 0. The van der Waals surface area contributed by atoms with Crippen LogP contribution in [0.15, 0.2) is 30.6 Å². The van der Waals surface area contributed by atoms with Gasteiger partial charge in [0.1, 0.15) is 17.5 Å². The van der Waals surface area contributed by atoms with Crippen molar-refractivity contribution in [1.29, 1.82) is 0 Å². The number of fused-ring (bicyclic) bond motifs is 1. The molecular weight excluding hydrogens is 398 g/mol. The molecule has 8 heteroatoms. The van der Waals surface area contributed by atoms with E-state index in [1.165, 1.54) is 6.07 Å². The van der Waals surface area contributed by atoms with Gasteiger partial charge in [0.2, 0.25) is 0 Å². The van der Waals surface area contributed by atoms with Crippen LogP contribution in [0.1, 0.15) is 19.4 Å². The van der Waals surface area contributed by atoms with E-state index in [0.717, 1.165) is 68.1 Å². The zero-order valence-corrected chi connectivity index (χ0v) is 18.2. The van der Waals surface area contributed by atoms with E-state index in [0.29, 0.717) is 11.2 Å². The Morgan fingerprint density at radius 1 is 1.10 bits per heavy atom. The molecule has 0 unspecified atom stereocenters. The van der Waals surface area contributed by atoms with Crippen molar-refractivity contribution < 1.29 is 8.78 Å². The summed E-state index contributed by atoms with van der Waals surface area (Å²) in [6.07, 6.45) is 3.53. The Balaban J connectivity index is 1.84. The number of nitrogens with one attached hydrogen (secondary N) is 2. The maximum absolute atomic E-state index is 14.9. The lowest BCUT2D eigenvalue weighted by atomic mass is 10.1. The molecule has 0 saturated carbocycles. The molecule has 0 bridgehead atoms. The fourth-order valence-corrected chi connectivity index (χ4v) is 4.14.